The van der Waals surface area contributed by atoms with Crippen molar-refractivity contribution in [2.24, 2.45) is 0 Å². The fourth-order valence-electron chi connectivity index (χ4n) is 9.79. The summed E-state index contributed by atoms with van der Waals surface area (Å²) >= 11 is 0. The van der Waals surface area contributed by atoms with E-state index < -0.39 is 6.10 Å². The Morgan fingerprint density at radius 2 is 0.513 bits per heavy atom. The third-order valence-corrected chi connectivity index (χ3v) is 14.8. The predicted octanol–water partition coefficient (Wildman–Crippen LogP) is 22.7. The van der Waals surface area contributed by atoms with Crippen LogP contribution in [0.3, 0.4) is 0 Å². The van der Waals surface area contributed by atoms with E-state index in [9.17, 15) is 14.4 Å². The van der Waals surface area contributed by atoms with Crippen LogP contribution in [0.2, 0.25) is 0 Å². The van der Waals surface area contributed by atoms with Crippen molar-refractivity contribution in [3.05, 3.63) is 60.8 Å². The van der Waals surface area contributed by atoms with Crippen LogP contribution in [0.25, 0.3) is 0 Å². The van der Waals surface area contributed by atoms with E-state index >= 15 is 0 Å². The van der Waals surface area contributed by atoms with Crippen molar-refractivity contribution in [1.29, 1.82) is 0 Å². The van der Waals surface area contributed by atoms with Crippen LogP contribution in [0.1, 0.15) is 348 Å². The molecule has 0 aromatic carbocycles. The topological polar surface area (TPSA) is 78.9 Å². The van der Waals surface area contributed by atoms with E-state index in [4.69, 9.17) is 14.2 Å². The molecule has 0 saturated carbocycles. The molecule has 0 radical (unpaired) electrons. The normalized spacial score (nSPS) is 12.4. The third kappa shape index (κ3) is 62.0. The maximum atomic E-state index is 12.9. The van der Waals surface area contributed by atoms with Crippen LogP contribution in [0.5, 0.6) is 0 Å². The van der Waals surface area contributed by atoms with Crippen LogP contribution in [0.15, 0.2) is 60.8 Å². The van der Waals surface area contributed by atoms with Crippen LogP contribution in [0, 0.1) is 0 Å². The summed E-state index contributed by atoms with van der Waals surface area (Å²) < 4.78 is 17.0. The van der Waals surface area contributed by atoms with E-state index in [0.717, 1.165) is 89.9 Å². The molecule has 0 bridgehead atoms. The molecular formula is C70H126O6. The Morgan fingerprint density at radius 1 is 0.276 bits per heavy atom. The highest BCUT2D eigenvalue weighted by molar-refractivity contribution is 5.71. The minimum absolute atomic E-state index is 0.0737. The molecule has 0 aliphatic rings. The first kappa shape index (κ1) is 73.1. The van der Waals surface area contributed by atoms with Crippen LogP contribution in [-0.4, -0.2) is 37.2 Å². The maximum Gasteiger partial charge on any atom is 0.306 e. The van der Waals surface area contributed by atoms with Crippen molar-refractivity contribution in [3.8, 4) is 0 Å². The lowest BCUT2D eigenvalue weighted by atomic mass is 10.0. The highest BCUT2D eigenvalue weighted by Gasteiger charge is 2.19. The molecule has 6 nitrogen and oxygen atoms in total. The van der Waals surface area contributed by atoms with Gasteiger partial charge >= 0.3 is 17.9 Å². The van der Waals surface area contributed by atoms with E-state index in [1.54, 1.807) is 0 Å². The van der Waals surface area contributed by atoms with E-state index in [0.29, 0.717) is 19.3 Å². The fourth-order valence-corrected chi connectivity index (χ4v) is 9.79. The first-order valence-electron chi connectivity index (χ1n) is 33.3. The number of unbranched alkanes of at least 4 members (excludes halogenated alkanes) is 40. The second-order valence-electron chi connectivity index (χ2n) is 22.4. The molecule has 1 atom stereocenters. The predicted molar refractivity (Wildman–Crippen MR) is 330 cm³/mol. The summed E-state index contributed by atoms with van der Waals surface area (Å²) in [6, 6.07) is 0. The summed E-state index contributed by atoms with van der Waals surface area (Å²) in [5.41, 5.74) is 0. The molecule has 0 rings (SSSR count). The molecule has 76 heavy (non-hydrogen) atoms. The zero-order chi connectivity index (χ0) is 55.0. The van der Waals surface area contributed by atoms with Crippen molar-refractivity contribution < 1.29 is 28.6 Å². The summed E-state index contributed by atoms with van der Waals surface area (Å²) in [5, 5.41) is 0. The minimum Gasteiger partial charge on any atom is -0.462 e. The smallest absolute Gasteiger partial charge is 0.306 e. The van der Waals surface area contributed by atoms with Crippen molar-refractivity contribution in [2.45, 2.75) is 354 Å². The van der Waals surface area contributed by atoms with Crippen molar-refractivity contribution in [3.63, 3.8) is 0 Å². The van der Waals surface area contributed by atoms with Gasteiger partial charge in [0.05, 0.1) is 0 Å². The molecule has 0 aliphatic heterocycles. The molecule has 0 aromatic heterocycles. The van der Waals surface area contributed by atoms with Gasteiger partial charge in [-0.1, -0.05) is 306 Å². The lowest BCUT2D eigenvalue weighted by molar-refractivity contribution is -0.167. The highest BCUT2D eigenvalue weighted by atomic mass is 16.6. The van der Waals surface area contributed by atoms with Crippen LogP contribution in [-0.2, 0) is 28.6 Å². The molecule has 0 N–H and O–H groups in total. The van der Waals surface area contributed by atoms with Gasteiger partial charge < -0.3 is 14.2 Å². The summed E-state index contributed by atoms with van der Waals surface area (Å²) in [4.78, 5) is 38.4. The Hall–Kier alpha value is -2.89. The molecule has 0 aromatic rings. The van der Waals surface area contributed by atoms with Gasteiger partial charge in [0, 0.05) is 19.3 Å². The highest BCUT2D eigenvalue weighted by Crippen LogP contribution is 2.17. The Balaban J connectivity index is 4.30. The first-order valence-corrected chi connectivity index (χ1v) is 33.3. The van der Waals surface area contributed by atoms with Gasteiger partial charge in [0.1, 0.15) is 13.2 Å². The molecule has 0 aliphatic carbocycles. The molecule has 6 heteroatoms. The van der Waals surface area contributed by atoms with Gasteiger partial charge in [0.25, 0.3) is 0 Å². The first-order chi connectivity index (χ1) is 37.5. The average molecular weight is 1060 g/mol. The third-order valence-electron chi connectivity index (χ3n) is 14.8. The molecular weight excluding hydrogens is 937 g/mol. The molecule has 0 saturated heterocycles. The van der Waals surface area contributed by atoms with Gasteiger partial charge in [-0.3, -0.25) is 14.4 Å². The lowest BCUT2D eigenvalue weighted by Crippen LogP contribution is -2.30. The zero-order valence-corrected chi connectivity index (χ0v) is 50.8. The molecule has 0 heterocycles. The molecule has 1 unspecified atom stereocenters. The van der Waals surface area contributed by atoms with Gasteiger partial charge in [0.2, 0.25) is 0 Å². The standard InChI is InChI=1S/C70H126O6/c1-4-7-10-13-16-19-22-25-28-31-32-33-34-35-36-37-38-40-42-45-48-51-54-57-60-63-69(72)75-66-67(65-74-68(71)62-59-56-53-50-47-44-41-30-27-24-21-18-15-12-9-6-3)76-70(73)64-61-58-55-52-49-46-43-39-29-26-23-20-17-14-11-8-5-2/h7,10,16,19,25,28,30,32-33,41,67H,4-6,8-9,11-15,17-18,20-24,26-27,29,31,34-40,42-66H2,1-3H3/b10-7-,19-16-,28-25-,33-32-,41-30-. The number of ether oxygens (including phenoxy) is 3. The quantitative estimate of drug-likeness (QED) is 0.0261. The van der Waals surface area contributed by atoms with Crippen LogP contribution < -0.4 is 0 Å². The average Bonchev–Trinajstić information content (AvgIpc) is 3.42. The zero-order valence-electron chi connectivity index (χ0n) is 50.8. The Kier molecular flexibility index (Phi) is 62.2. The molecule has 0 amide bonds. The number of rotatable bonds is 61. The van der Waals surface area contributed by atoms with Gasteiger partial charge in [-0.25, -0.2) is 0 Å². The summed E-state index contributed by atoms with van der Waals surface area (Å²) in [7, 11) is 0. The van der Waals surface area contributed by atoms with Gasteiger partial charge in [-0.2, -0.15) is 0 Å². The van der Waals surface area contributed by atoms with Crippen LogP contribution >= 0.6 is 0 Å². The molecule has 0 fully saturated rings. The second-order valence-corrected chi connectivity index (χ2v) is 22.4. The summed E-state index contributed by atoms with van der Waals surface area (Å²) in [6.07, 6.45) is 82.3. The van der Waals surface area contributed by atoms with E-state index in [-0.39, 0.29) is 31.1 Å². The number of allylic oxidation sites excluding steroid dienone is 10. The minimum atomic E-state index is -0.777. The summed E-state index contributed by atoms with van der Waals surface area (Å²) in [5.74, 6) is -0.861. The van der Waals surface area contributed by atoms with E-state index in [1.165, 1.54) is 218 Å². The van der Waals surface area contributed by atoms with Crippen molar-refractivity contribution in [1.82, 2.24) is 0 Å². The monoisotopic (exact) mass is 1060 g/mol. The van der Waals surface area contributed by atoms with Gasteiger partial charge in [-0.15, -0.1) is 0 Å². The number of hydrogen-bond donors (Lipinski definition) is 0. The van der Waals surface area contributed by atoms with Crippen molar-refractivity contribution in [2.75, 3.05) is 13.2 Å². The number of carbonyl (C=O) groups is 3. The van der Waals surface area contributed by atoms with Gasteiger partial charge in [0.15, 0.2) is 6.10 Å². The molecule has 442 valence electrons. The fraction of sp³-hybridized carbons (Fsp3) is 0.814. The molecule has 0 spiro atoms. The Morgan fingerprint density at radius 3 is 0.816 bits per heavy atom. The van der Waals surface area contributed by atoms with E-state index in [1.807, 2.05) is 0 Å². The van der Waals surface area contributed by atoms with Gasteiger partial charge in [-0.05, 0) is 83.5 Å². The number of carbonyl (C=O) groups excluding carboxylic acids is 3. The largest absolute Gasteiger partial charge is 0.462 e. The van der Waals surface area contributed by atoms with Crippen LogP contribution in [0.4, 0.5) is 0 Å². The maximum absolute atomic E-state index is 12.9. The summed E-state index contributed by atoms with van der Waals surface area (Å²) in [6.45, 7) is 6.57. The number of esters is 3. The van der Waals surface area contributed by atoms with Crippen molar-refractivity contribution >= 4 is 17.9 Å². The van der Waals surface area contributed by atoms with E-state index in [2.05, 4.69) is 81.5 Å². The number of hydrogen-bond acceptors (Lipinski definition) is 6. The Labute approximate surface area is 472 Å². The Bertz CT molecular complexity index is 1360. The second kappa shape index (κ2) is 64.6. The lowest BCUT2D eigenvalue weighted by Gasteiger charge is -2.18. The SMILES string of the molecule is CC/C=C\C/C=C\C/C=C\C/C=C\CCCCCCCCCCCCCCC(=O)OCC(COC(=O)CCCCCCC/C=C\CCCCCCCCC)OC(=O)CCCCCCCCCCCCCCCCCCC.